The Labute approximate surface area is 78.8 Å². The molecule has 1 spiro atoms. The molecule has 2 N–H and O–H groups in total. The van der Waals surface area contributed by atoms with E-state index in [4.69, 9.17) is 5.73 Å². The van der Waals surface area contributed by atoms with Crippen molar-refractivity contribution in [3.05, 3.63) is 12.7 Å². The molecule has 0 aromatic heterocycles. The van der Waals surface area contributed by atoms with Crippen molar-refractivity contribution in [1.29, 1.82) is 0 Å². The average Bonchev–Trinajstić information content (AvgIpc) is 3.14. The summed E-state index contributed by atoms with van der Waals surface area (Å²) in [7, 11) is 0. The van der Waals surface area contributed by atoms with E-state index in [1.54, 1.807) is 0 Å². The van der Waals surface area contributed by atoms with Crippen LogP contribution in [0, 0.1) is 0 Å². The normalized spacial score (nSPS) is 138. The molecule has 15 heavy (non-hydrogen) atoms. The van der Waals surface area contributed by atoms with Gasteiger partial charge in [-0.3, -0.25) is 0 Å². The van der Waals surface area contributed by atoms with Crippen LogP contribution in [0.15, 0.2) is 12.7 Å². The summed E-state index contributed by atoms with van der Waals surface area (Å²) in [5, 5.41) is 0. The van der Waals surface area contributed by atoms with Gasteiger partial charge in [0.25, 0.3) is 0 Å². The van der Waals surface area contributed by atoms with Crippen molar-refractivity contribution in [2.45, 2.75) is 53.7 Å². The third-order valence-corrected chi connectivity index (χ3v) is 59.1. The molecule has 10 saturated heterocycles. The molecule has 5 atom stereocenters. The first kappa shape index (κ1) is 5.25. The fourth-order valence-electron chi connectivity index (χ4n) is 17.9. The summed E-state index contributed by atoms with van der Waals surface area (Å²) in [5.41, 5.74) is 7.13. The third kappa shape index (κ3) is 0.0397. The Kier molecular flexibility index (Phi) is 0.125. The predicted molar refractivity (Wildman–Crippen MR) is 54.4 cm³/mol. The van der Waals surface area contributed by atoms with Gasteiger partial charge in [0.1, 0.15) is 0 Å². The maximum atomic E-state index is 7.13. The fourth-order valence-corrected chi connectivity index (χ4v) is 93.2. The van der Waals surface area contributed by atoms with Gasteiger partial charge >= 0.3 is 78.6 Å². The van der Waals surface area contributed by atoms with Crippen LogP contribution in [0.2, 0.25) is 42.8 Å². The van der Waals surface area contributed by atoms with Crippen LogP contribution in [-0.2, 0) is 6.51 Å². The van der Waals surface area contributed by atoms with E-state index < -0.39 is 6.51 Å². The van der Waals surface area contributed by atoms with Crippen molar-refractivity contribution in [1.82, 2.24) is 0 Å². The summed E-state index contributed by atoms with van der Waals surface area (Å²) < 4.78 is 1.41. The Bertz CT molecular complexity index is 933. The second kappa shape index (κ2) is 0.359. The van der Waals surface area contributed by atoms with Crippen molar-refractivity contribution in [3.8, 4) is 0 Å². The van der Waals surface area contributed by atoms with E-state index in [-0.39, 0.29) is 0 Å². The number of nitrogens with two attached hydrogens (primary N) is 1. The molecular weight excluding hydrogens is 226 g/mol. The number of rotatable bonds is 2. The number of allylic oxidation sites excluding steroid dienone is 1. The van der Waals surface area contributed by atoms with E-state index >= 15 is 0 Å². The summed E-state index contributed by atoms with van der Waals surface area (Å²) in [6.45, 7) is 1.07. The Balaban J connectivity index is 1.86. The molecule has 0 aromatic carbocycles. The number of hydrogen-bond acceptors (Lipinski definition) is 1. The van der Waals surface area contributed by atoms with Gasteiger partial charge in [-0.05, 0) is 0 Å². The van der Waals surface area contributed by atoms with Gasteiger partial charge < -0.3 is 0 Å². The zero-order chi connectivity index (χ0) is 9.35. The SMILES string of the molecule is C=CC[C]12[CH]3[CH]4[CH]5[C]1(N)[Fe]45321678[CH]2[CH]1[CH]6[CH]7[CH]28. The molecular formula is C13H15FeN. The molecule has 0 aromatic rings. The van der Waals surface area contributed by atoms with Crippen molar-refractivity contribution < 1.29 is 6.51 Å². The van der Waals surface area contributed by atoms with Crippen molar-refractivity contribution in [3.63, 3.8) is 0 Å². The van der Waals surface area contributed by atoms with Crippen LogP contribution in [0.25, 0.3) is 0 Å². The van der Waals surface area contributed by atoms with Crippen LogP contribution >= 0.6 is 0 Å². The van der Waals surface area contributed by atoms with E-state index in [9.17, 15) is 0 Å². The molecule has 0 bridgehead atoms. The van der Waals surface area contributed by atoms with E-state index in [1.807, 2.05) is 0 Å². The summed E-state index contributed by atoms with van der Waals surface area (Å²) in [6.07, 6.45) is 3.63. The topological polar surface area (TPSA) is 26.0 Å². The fraction of sp³-hybridized carbons (Fsp3) is 0.846. The molecule has 0 radical (unpaired) electrons. The van der Waals surface area contributed by atoms with E-state index in [2.05, 4.69) is 12.7 Å². The summed E-state index contributed by atoms with van der Waals surface area (Å²) in [5.74, 6) is 0. The molecule has 10 heterocycles. The molecule has 10 aliphatic heterocycles. The van der Waals surface area contributed by atoms with Gasteiger partial charge in [0.2, 0.25) is 0 Å². The standard InChI is InChI=1S/C8H10N.C5H5.Fe/c1-2-4-7-5-3-6-8(7)9;1-2-4-5-3-1;/h2-3,5-6H,1,4,9H2;1-5H;. The summed E-state index contributed by atoms with van der Waals surface area (Å²) in [4.78, 5) is 10.7. The molecule has 0 amide bonds. The van der Waals surface area contributed by atoms with Crippen LogP contribution in [0.5, 0.6) is 0 Å². The van der Waals surface area contributed by atoms with Crippen molar-refractivity contribution in [2.24, 2.45) is 5.73 Å². The zero-order valence-corrected chi connectivity index (χ0v) is 9.65. The quantitative estimate of drug-likeness (QED) is 0.583. The molecule has 0 saturated carbocycles. The van der Waals surface area contributed by atoms with Gasteiger partial charge in [-0.25, -0.2) is 0 Å². The Morgan fingerprint density at radius 3 is 1.87 bits per heavy atom. The van der Waals surface area contributed by atoms with Crippen molar-refractivity contribution >= 4 is 0 Å². The predicted octanol–water partition coefficient (Wildman–Crippen LogP) is 3.19. The van der Waals surface area contributed by atoms with Gasteiger partial charge in [-0.2, -0.15) is 0 Å². The molecule has 1 nitrogen and oxygen atoms in total. The van der Waals surface area contributed by atoms with Crippen LogP contribution in [0.4, 0.5) is 0 Å². The monoisotopic (exact) mass is 241 g/mol. The van der Waals surface area contributed by atoms with Crippen LogP contribution in [-0.4, -0.2) is 4.44 Å². The Morgan fingerprint density at radius 2 is 1.67 bits per heavy atom. The molecule has 10 aliphatic rings. The van der Waals surface area contributed by atoms with Crippen LogP contribution in [0.3, 0.4) is 0 Å². The molecule has 0 aliphatic carbocycles. The summed E-state index contributed by atoms with van der Waals surface area (Å²) >= 11 is 0. The molecule has 2 heteroatoms. The van der Waals surface area contributed by atoms with Crippen LogP contribution < -0.4 is 5.73 Å². The van der Waals surface area contributed by atoms with Gasteiger partial charge in [0.15, 0.2) is 0 Å². The third-order valence-electron chi connectivity index (χ3n) is 15.8. The zero-order valence-electron chi connectivity index (χ0n) is 8.54. The first-order valence-corrected chi connectivity index (χ1v) is 12.8. The van der Waals surface area contributed by atoms with Gasteiger partial charge in [-0.1, -0.05) is 0 Å². The van der Waals surface area contributed by atoms with Gasteiger partial charge in [0, 0.05) is 0 Å². The van der Waals surface area contributed by atoms with E-state index in [0.29, 0.717) is 4.44 Å². The Morgan fingerprint density at radius 1 is 1.07 bits per heavy atom. The first-order chi connectivity index (χ1) is 7.00. The second-order valence-corrected chi connectivity index (χ2v) is 33.8. The molecule has 10 fully saturated rings. The average molecular weight is 241 g/mol. The van der Waals surface area contributed by atoms with Gasteiger partial charge in [0.05, 0.1) is 0 Å². The van der Waals surface area contributed by atoms with Gasteiger partial charge in [-0.15, -0.1) is 0 Å². The first-order valence-electron chi connectivity index (χ1n) is 6.61. The molecule has 5 unspecified atom stereocenters. The minimum atomic E-state index is -3.00. The summed E-state index contributed by atoms with van der Waals surface area (Å²) in [6, 6.07) is 0. The number of fused-ring (bicyclic) bond motifs is 10. The molecule has 80 valence electrons. The van der Waals surface area contributed by atoms with Crippen LogP contribution in [0.1, 0.15) is 6.42 Å². The Hall–Kier alpha value is 0.219. The van der Waals surface area contributed by atoms with E-state index in [1.165, 1.54) is 45.0 Å². The minimum absolute atomic E-state index is 0.570. The molecule has 10 rings (SSSR count). The van der Waals surface area contributed by atoms with Crippen molar-refractivity contribution in [2.75, 3.05) is 0 Å². The number of hydrogen-bond donors (Lipinski definition) is 1. The maximum absolute atomic E-state index is 7.13. The van der Waals surface area contributed by atoms with E-state index in [0.717, 1.165) is 4.31 Å². The second-order valence-electron chi connectivity index (χ2n) is 10.4.